The Morgan fingerprint density at radius 3 is 1.54 bits per heavy atom. The second kappa shape index (κ2) is 34.0. The zero-order chi connectivity index (χ0) is 41.3. The summed E-state index contributed by atoms with van der Waals surface area (Å²) in [5, 5.41) is 30.8. The van der Waals surface area contributed by atoms with Crippen LogP contribution in [-0.2, 0) is 38.7 Å². The van der Waals surface area contributed by atoms with Crippen LogP contribution < -0.4 is 0 Å². The van der Waals surface area contributed by atoms with Gasteiger partial charge < -0.3 is 34.3 Å². The minimum atomic E-state index is -4.60. The van der Waals surface area contributed by atoms with Crippen molar-refractivity contribution < 1.29 is 56.8 Å². The van der Waals surface area contributed by atoms with E-state index in [4.69, 9.17) is 18.9 Å². The molecule has 0 amide bonds. The third-order valence-electron chi connectivity index (χ3n) is 10.0. The Bertz CT molecular complexity index is 1140. The predicted octanol–water partition coefficient (Wildman–Crippen LogP) is 8.45. The summed E-state index contributed by atoms with van der Waals surface area (Å²) >= 11 is 0. The Morgan fingerprint density at radius 1 is 0.589 bits per heavy atom. The van der Waals surface area contributed by atoms with E-state index in [-0.39, 0.29) is 19.4 Å². The molecule has 0 aliphatic carbocycles. The second-order valence-corrected chi connectivity index (χ2v) is 16.9. The molecule has 1 fully saturated rings. The van der Waals surface area contributed by atoms with Crippen LogP contribution in [0.1, 0.15) is 181 Å². The fourth-order valence-electron chi connectivity index (χ4n) is 6.53. The lowest BCUT2D eigenvalue weighted by atomic mass is 10.00. The van der Waals surface area contributed by atoms with E-state index in [0.717, 1.165) is 64.2 Å². The summed E-state index contributed by atoms with van der Waals surface area (Å²) < 4.78 is 53.9. The zero-order valence-corrected chi connectivity index (χ0v) is 35.6. The van der Waals surface area contributed by atoms with Gasteiger partial charge in [-0.2, -0.15) is 8.42 Å². The number of hydrogen-bond donors (Lipinski definition) is 4. The molecule has 2 unspecified atom stereocenters. The maximum absolute atomic E-state index is 12.8. The van der Waals surface area contributed by atoms with Crippen molar-refractivity contribution in [1.29, 1.82) is 0 Å². The highest BCUT2D eigenvalue weighted by atomic mass is 32.2. The summed E-state index contributed by atoms with van der Waals surface area (Å²) in [7, 11) is -4.60. The molecule has 0 bridgehead atoms. The molecule has 0 aromatic carbocycles. The Labute approximate surface area is 338 Å². The highest BCUT2D eigenvalue weighted by molar-refractivity contribution is 7.85. The smallest absolute Gasteiger partial charge is 0.306 e. The number of aliphatic hydroxyl groups excluding tert-OH is 3. The van der Waals surface area contributed by atoms with Gasteiger partial charge in [0, 0.05) is 12.8 Å². The van der Waals surface area contributed by atoms with Crippen molar-refractivity contribution in [2.75, 3.05) is 19.0 Å². The van der Waals surface area contributed by atoms with Crippen LogP contribution in [0.3, 0.4) is 0 Å². The molecule has 0 spiro atoms. The first-order valence-corrected chi connectivity index (χ1v) is 23.5. The Balaban J connectivity index is 2.45. The number of rotatable bonds is 36. The lowest BCUT2D eigenvalue weighted by Crippen LogP contribution is -2.60. The standard InChI is InChI=1S/C43H78O12S/c1-3-5-7-9-11-13-15-16-17-18-19-20-22-24-26-28-30-32-39(45)54-36(33-52-38(44)31-29-27-25-23-21-14-12-10-8-6-4-2)34-53-43-42(48)41(47)40(46)37(55-43)35-56(49,50)51/h10,12-13,15,36-37,40-43,46-48H,3-9,11,14,16-35H2,1-2H3,(H,49,50,51)/b12-10+,15-13+/t36-,37-,40-,41?,42?,43+/m1/s1. The number of carbonyl (C=O) groups is 2. The average molecular weight is 819 g/mol. The van der Waals surface area contributed by atoms with Crippen LogP contribution >= 0.6 is 0 Å². The first kappa shape index (κ1) is 52.1. The van der Waals surface area contributed by atoms with Crippen LogP contribution in [0.15, 0.2) is 24.3 Å². The predicted molar refractivity (Wildman–Crippen MR) is 220 cm³/mol. The highest BCUT2D eigenvalue weighted by Crippen LogP contribution is 2.24. The van der Waals surface area contributed by atoms with Crippen LogP contribution in [0.4, 0.5) is 0 Å². The number of ether oxygens (including phenoxy) is 4. The molecule has 1 aliphatic rings. The van der Waals surface area contributed by atoms with Gasteiger partial charge >= 0.3 is 11.9 Å². The van der Waals surface area contributed by atoms with Gasteiger partial charge in [-0.15, -0.1) is 0 Å². The number of unbranched alkanes of at least 4 members (excludes halogenated alkanes) is 20. The Morgan fingerprint density at radius 2 is 1.04 bits per heavy atom. The molecule has 12 nitrogen and oxygen atoms in total. The van der Waals surface area contributed by atoms with Crippen molar-refractivity contribution in [1.82, 2.24) is 0 Å². The van der Waals surface area contributed by atoms with Gasteiger partial charge in [0.2, 0.25) is 0 Å². The molecule has 6 atom stereocenters. The molecule has 13 heteroatoms. The molecule has 4 N–H and O–H groups in total. The van der Waals surface area contributed by atoms with E-state index >= 15 is 0 Å². The van der Waals surface area contributed by atoms with E-state index in [9.17, 15) is 37.9 Å². The van der Waals surface area contributed by atoms with Gasteiger partial charge in [0.25, 0.3) is 10.1 Å². The van der Waals surface area contributed by atoms with Gasteiger partial charge in [0.1, 0.15) is 36.8 Å². The number of hydrogen-bond acceptors (Lipinski definition) is 11. The van der Waals surface area contributed by atoms with Crippen molar-refractivity contribution in [3.05, 3.63) is 24.3 Å². The number of allylic oxidation sites excluding steroid dienone is 4. The van der Waals surface area contributed by atoms with E-state index in [2.05, 4.69) is 38.2 Å². The minimum Gasteiger partial charge on any atom is -0.462 e. The van der Waals surface area contributed by atoms with Gasteiger partial charge in [0.05, 0.1) is 6.61 Å². The van der Waals surface area contributed by atoms with Crippen molar-refractivity contribution >= 4 is 22.1 Å². The summed E-state index contributed by atoms with van der Waals surface area (Å²) in [4.78, 5) is 25.3. The summed E-state index contributed by atoms with van der Waals surface area (Å²) in [6, 6.07) is 0. The molecule has 1 heterocycles. The number of esters is 2. The second-order valence-electron chi connectivity index (χ2n) is 15.4. The lowest BCUT2D eigenvalue weighted by Gasteiger charge is -2.40. The molecule has 0 aromatic rings. The maximum Gasteiger partial charge on any atom is 0.306 e. The molecule has 1 rings (SSSR count). The van der Waals surface area contributed by atoms with Crippen molar-refractivity contribution in [2.24, 2.45) is 0 Å². The quantitative estimate of drug-likeness (QED) is 0.0205. The van der Waals surface area contributed by atoms with Crippen LogP contribution in [0.2, 0.25) is 0 Å². The van der Waals surface area contributed by atoms with E-state index in [1.807, 2.05) is 0 Å². The third-order valence-corrected chi connectivity index (χ3v) is 10.8. The van der Waals surface area contributed by atoms with E-state index in [1.54, 1.807) is 0 Å². The van der Waals surface area contributed by atoms with Crippen LogP contribution in [-0.4, -0.2) is 96.0 Å². The van der Waals surface area contributed by atoms with Crippen molar-refractivity contribution in [2.45, 2.75) is 218 Å². The van der Waals surface area contributed by atoms with Crippen LogP contribution in [0.25, 0.3) is 0 Å². The van der Waals surface area contributed by atoms with E-state index in [0.29, 0.717) is 12.8 Å². The van der Waals surface area contributed by atoms with Crippen molar-refractivity contribution in [3.8, 4) is 0 Å². The van der Waals surface area contributed by atoms with Gasteiger partial charge in [0.15, 0.2) is 12.4 Å². The summed E-state index contributed by atoms with van der Waals surface area (Å²) in [6.07, 6.45) is 26.6. The molecule has 0 radical (unpaired) electrons. The van der Waals surface area contributed by atoms with E-state index in [1.165, 1.54) is 77.0 Å². The summed E-state index contributed by atoms with van der Waals surface area (Å²) in [6.45, 7) is 3.69. The molecule has 0 saturated carbocycles. The molecular formula is C43H78O12S. The minimum absolute atomic E-state index is 0.162. The molecule has 1 saturated heterocycles. The number of carbonyl (C=O) groups excluding carboxylic acids is 2. The molecule has 0 aromatic heterocycles. The molecular weight excluding hydrogens is 741 g/mol. The summed E-state index contributed by atoms with van der Waals surface area (Å²) in [5.41, 5.74) is 0. The largest absolute Gasteiger partial charge is 0.462 e. The Kier molecular flexibility index (Phi) is 31.7. The van der Waals surface area contributed by atoms with Gasteiger partial charge in [-0.25, -0.2) is 0 Å². The van der Waals surface area contributed by atoms with Gasteiger partial charge in [-0.1, -0.05) is 134 Å². The monoisotopic (exact) mass is 819 g/mol. The maximum atomic E-state index is 12.8. The van der Waals surface area contributed by atoms with Crippen LogP contribution in [0, 0.1) is 0 Å². The van der Waals surface area contributed by atoms with Gasteiger partial charge in [-0.3, -0.25) is 14.1 Å². The molecule has 56 heavy (non-hydrogen) atoms. The summed E-state index contributed by atoms with van der Waals surface area (Å²) in [5.74, 6) is -1.99. The van der Waals surface area contributed by atoms with Gasteiger partial charge in [-0.05, 0) is 57.8 Å². The first-order valence-electron chi connectivity index (χ1n) is 21.9. The zero-order valence-electron chi connectivity index (χ0n) is 34.7. The highest BCUT2D eigenvalue weighted by Gasteiger charge is 2.46. The SMILES string of the molecule is CCCC/C=C/CCCCCCCC(=O)OC[C@H](CO[C@H]1O[C@H](CS(=O)(=O)O)[C@@H](O)C(O)C1O)OC(=O)CCCCCCCCCCC/C=C/CCCCCC. The first-order chi connectivity index (χ1) is 27.0. The van der Waals surface area contributed by atoms with E-state index < -0.39 is 71.2 Å². The fourth-order valence-corrected chi connectivity index (χ4v) is 7.22. The van der Waals surface area contributed by atoms with Crippen molar-refractivity contribution in [3.63, 3.8) is 0 Å². The Hall–Kier alpha value is -1.87. The normalized spacial score (nSPS) is 20.9. The molecule has 328 valence electrons. The topological polar surface area (TPSA) is 186 Å². The lowest BCUT2D eigenvalue weighted by molar-refractivity contribution is -0.297. The molecule has 1 aliphatic heterocycles. The fraction of sp³-hybridized carbons (Fsp3) is 0.860. The van der Waals surface area contributed by atoms with Crippen LogP contribution in [0.5, 0.6) is 0 Å². The number of aliphatic hydroxyl groups is 3. The average Bonchev–Trinajstić information content (AvgIpc) is 3.16. The third kappa shape index (κ3) is 28.5.